The van der Waals surface area contributed by atoms with E-state index in [4.69, 9.17) is 5.73 Å². The molecule has 0 aromatic heterocycles. The number of nitrogens with two attached hydrogens (primary N) is 1. The highest BCUT2D eigenvalue weighted by atomic mass is 127. The molecule has 0 bridgehead atoms. The van der Waals surface area contributed by atoms with Crippen molar-refractivity contribution in [3.05, 3.63) is 29.8 Å². The zero-order valence-electron chi connectivity index (χ0n) is 16.6. The lowest BCUT2D eigenvalue weighted by Gasteiger charge is -2.32. The summed E-state index contributed by atoms with van der Waals surface area (Å²) in [5.41, 5.74) is 8.37. The molecule has 0 saturated carbocycles. The highest BCUT2D eigenvalue weighted by Crippen LogP contribution is 2.20. The van der Waals surface area contributed by atoms with E-state index < -0.39 is 0 Å². The van der Waals surface area contributed by atoms with Gasteiger partial charge in [0.25, 0.3) is 0 Å². The molecule has 0 radical (unpaired) electrons. The predicted octanol–water partition coefficient (Wildman–Crippen LogP) is 3.57. The Bertz CT molecular complexity index is 524. The molecule has 2 rings (SSSR count). The van der Waals surface area contributed by atoms with Crippen molar-refractivity contribution < 1.29 is 0 Å². The summed E-state index contributed by atoms with van der Waals surface area (Å²) in [4.78, 5) is 9.38. The molecule has 1 heterocycles. The first kappa shape index (κ1) is 23.2. The Morgan fingerprint density at radius 1 is 1.15 bits per heavy atom. The number of hydrogen-bond donors (Lipinski definition) is 2. The predicted molar refractivity (Wildman–Crippen MR) is 124 cm³/mol. The van der Waals surface area contributed by atoms with E-state index in [1.54, 1.807) is 0 Å². The van der Waals surface area contributed by atoms with Crippen LogP contribution < -0.4 is 11.1 Å². The van der Waals surface area contributed by atoms with Gasteiger partial charge in [0.2, 0.25) is 0 Å². The van der Waals surface area contributed by atoms with Crippen molar-refractivity contribution in [2.45, 2.75) is 39.0 Å². The van der Waals surface area contributed by atoms with Gasteiger partial charge in [-0.05, 0) is 56.5 Å². The zero-order chi connectivity index (χ0) is 18.1. The maximum atomic E-state index is 5.99. The number of rotatable bonds is 8. The molecule has 26 heavy (non-hydrogen) atoms. The summed E-state index contributed by atoms with van der Waals surface area (Å²) < 4.78 is 0. The molecule has 1 aliphatic rings. The van der Waals surface area contributed by atoms with E-state index in [1.165, 1.54) is 44.7 Å². The number of nitrogens with zero attached hydrogens (tertiary/aromatic N) is 3. The van der Waals surface area contributed by atoms with Crippen LogP contribution in [0.25, 0.3) is 0 Å². The fourth-order valence-electron chi connectivity index (χ4n) is 3.04. The minimum absolute atomic E-state index is 0. The second-order valence-electron chi connectivity index (χ2n) is 7.18. The second-order valence-corrected chi connectivity index (χ2v) is 7.18. The van der Waals surface area contributed by atoms with E-state index in [-0.39, 0.29) is 24.0 Å². The monoisotopic (exact) mass is 473 g/mol. The maximum absolute atomic E-state index is 5.99. The van der Waals surface area contributed by atoms with Gasteiger partial charge < -0.3 is 20.9 Å². The Hall–Kier alpha value is -0.860. The Labute approximate surface area is 176 Å². The van der Waals surface area contributed by atoms with Crippen LogP contribution in [-0.2, 0) is 0 Å². The summed E-state index contributed by atoms with van der Waals surface area (Å²) in [5.74, 6) is 1.11. The van der Waals surface area contributed by atoms with Crippen LogP contribution in [0.1, 0.15) is 44.6 Å². The molecular formula is C20H36IN5. The largest absolute Gasteiger partial charge is 0.370 e. The molecule has 1 fully saturated rings. The molecule has 1 atom stereocenters. The SMILES string of the molecule is CCC(C)c1ccc(NC(N)=NCCCCN2CCN(C)CC2)cc1.I. The van der Waals surface area contributed by atoms with Crippen LogP contribution in [0, 0.1) is 0 Å². The van der Waals surface area contributed by atoms with Crippen molar-refractivity contribution in [3.63, 3.8) is 0 Å². The summed E-state index contributed by atoms with van der Waals surface area (Å²) >= 11 is 0. The molecule has 148 valence electrons. The van der Waals surface area contributed by atoms with E-state index in [1.807, 2.05) is 0 Å². The third-order valence-electron chi connectivity index (χ3n) is 5.12. The highest BCUT2D eigenvalue weighted by Gasteiger charge is 2.12. The van der Waals surface area contributed by atoms with Crippen molar-refractivity contribution in [2.75, 3.05) is 51.6 Å². The number of benzene rings is 1. The third-order valence-corrected chi connectivity index (χ3v) is 5.12. The third kappa shape index (κ3) is 8.22. The van der Waals surface area contributed by atoms with Crippen LogP contribution in [0.2, 0.25) is 0 Å². The summed E-state index contributed by atoms with van der Waals surface area (Å²) in [6, 6.07) is 8.49. The normalized spacial score (nSPS) is 17.6. The topological polar surface area (TPSA) is 56.9 Å². The van der Waals surface area contributed by atoms with Crippen LogP contribution in [0.4, 0.5) is 5.69 Å². The number of guanidine groups is 1. The van der Waals surface area contributed by atoms with E-state index in [9.17, 15) is 0 Å². The van der Waals surface area contributed by atoms with Crippen LogP contribution in [-0.4, -0.2) is 62.1 Å². The van der Waals surface area contributed by atoms with Gasteiger partial charge in [-0.1, -0.05) is 26.0 Å². The van der Waals surface area contributed by atoms with Crippen molar-refractivity contribution in [1.82, 2.24) is 9.80 Å². The number of anilines is 1. The van der Waals surface area contributed by atoms with E-state index in [0.29, 0.717) is 11.9 Å². The smallest absolute Gasteiger partial charge is 0.193 e. The van der Waals surface area contributed by atoms with Gasteiger partial charge in [-0.25, -0.2) is 0 Å². The number of nitrogens with one attached hydrogen (secondary N) is 1. The maximum Gasteiger partial charge on any atom is 0.193 e. The molecule has 6 heteroatoms. The molecule has 1 aromatic rings. The van der Waals surface area contributed by atoms with Gasteiger partial charge >= 0.3 is 0 Å². The van der Waals surface area contributed by atoms with Crippen molar-refractivity contribution in [3.8, 4) is 0 Å². The Morgan fingerprint density at radius 3 is 2.42 bits per heavy atom. The lowest BCUT2D eigenvalue weighted by molar-refractivity contribution is 0.152. The van der Waals surface area contributed by atoms with Crippen LogP contribution in [0.5, 0.6) is 0 Å². The minimum Gasteiger partial charge on any atom is -0.370 e. The molecule has 0 amide bonds. The van der Waals surface area contributed by atoms with Crippen LogP contribution in [0.15, 0.2) is 29.3 Å². The molecule has 1 aliphatic heterocycles. The minimum atomic E-state index is 0. The number of likely N-dealkylation sites (N-methyl/N-ethyl adjacent to an activating group) is 1. The summed E-state index contributed by atoms with van der Waals surface area (Å²) in [5, 5.41) is 3.18. The van der Waals surface area contributed by atoms with Gasteiger partial charge in [0.15, 0.2) is 5.96 Å². The fourth-order valence-corrected chi connectivity index (χ4v) is 3.04. The van der Waals surface area contributed by atoms with Gasteiger partial charge in [-0.2, -0.15) is 0 Å². The molecule has 1 aromatic carbocycles. The van der Waals surface area contributed by atoms with Crippen LogP contribution in [0.3, 0.4) is 0 Å². The Balaban J connectivity index is 0.00000338. The van der Waals surface area contributed by atoms with Gasteiger partial charge in [0.05, 0.1) is 0 Å². The highest BCUT2D eigenvalue weighted by molar-refractivity contribution is 14.0. The van der Waals surface area contributed by atoms with Crippen molar-refractivity contribution >= 4 is 35.6 Å². The van der Waals surface area contributed by atoms with Crippen LogP contribution >= 0.6 is 24.0 Å². The van der Waals surface area contributed by atoms with E-state index in [0.717, 1.165) is 25.1 Å². The number of halogens is 1. The zero-order valence-corrected chi connectivity index (χ0v) is 18.9. The lowest BCUT2D eigenvalue weighted by atomic mass is 9.99. The summed E-state index contributed by atoms with van der Waals surface area (Å²) in [6.07, 6.45) is 3.43. The Morgan fingerprint density at radius 2 is 1.81 bits per heavy atom. The van der Waals surface area contributed by atoms with Gasteiger partial charge in [-0.15, -0.1) is 24.0 Å². The number of unbranched alkanes of at least 4 members (excludes halogenated alkanes) is 1. The first-order valence-electron chi connectivity index (χ1n) is 9.66. The fraction of sp³-hybridized carbons (Fsp3) is 0.650. The Kier molecular flexibility index (Phi) is 11.2. The molecule has 5 nitrogen and oxygen atoms in total. The molecular weight excluding hydrogens is 437 g/mol. The first-order chi connectivity index (χ1) is 12.1. The number of hydrogen-bond acceptors (Lipinski definition) is 3. The van der Waals surface area contributed by atoms with Gasteiger partial charge in [-0.3, -0.25) is 4.99 Å². The van der Waals surface area contributed by atoms with Crippen molar-refractivity contribution in [2.24, 2.45) is 10.7 Å². The molecule has 0 spiro atoms. The number of piperazine rings is 1. The molecule has 1 unspecified atom stereocenters. The van der Waals surface area contributed by atoms with Crippen molar-refractivity contribution in [1.29, 1.82) is 0 Å². The lowest BCUT2D eigenvalue weighted by Crippen LogP contribution is -2.44. The van der Waals surface area contributed by atoms with Gasteiger partial charge in [0.1, 0.15) is 0 Å². The second kappa shape index (κ2) is 12.5. The quantitative estimate of drug-likeness (QED) is 0.262. The van der Waals surface area contributed by atoms with Gasteiger partial charge in [0, 0.05) is 38.4 Å². The average molecular weight is 473 g/mol. The van der Waals surface area contributed by atoms with E-state index in [2.05, 4.69) is 65.3 Å². The average Bonchev–Trinajstić information content (AvgIpc) is 2.63. The molecule has 1 saturated heterocycles. The number of aliphatic imine (C=N–C) groups is 1. The first-order valence-corrected chi connectivity index (χ1v) is 9.66. The molecule has 0 aliphatic carbocycles. The standard InChI is InChI=1S/C20H35N5.HI/c1-4-17(2)18-7-9-19(10-8-18)23-20(21)22-11-5-6-12-25-15-13-24(3)14-16-25;/h7-10,17H,4-6,11-16H2,1-3H3,(H3,21,22,23);1H. The summed E-state index contributed by atoms with van der Waals surface area (Å²) in [6.45, 7) is 11.2. The summed E-state index contributed by atoms with van der Waals surface area (Å²) in [7, 11) is 2.19. The van der Waals surface area contributed by atoms with E-state index >= 15 is 0 Å². The molecule has 3 N–H and O–H groups in total.